The van der Waals surface area contributed by atoms with E-state index in [4.69, 9.17) is 0 Å². The largest absolute Gasteiger partial charge is 0.270 e. The molecule has 2 aromatic carbocycles. The van der Waals surface area contributed by atoms with Crippen molar-refractivity contribution in [2.24, 2.45) is 5.18 Å². The number of hydrogen-bond acceptors (Lipinski definition) is 4. The molecule has 1 aliphatic rings. The summed E-state index contributed by atoms with van der Waals surface area (Å²) in [7, 11) is 0. The number of nitroso groups, excluding NO2 is 1. The lowest BCUT2D eigenvalue weighted by Crippen LogP contribution is -2.29. The third kappa shape index (κ3) is 1.89. The molecular formula is C15H10N2O3. The minimum Gasteiger partial charge on any atom is -0.270 e. The number of rotatable bonds is 3. The number of carbonyl (C=O) groups is 2. The first-order valence-corrected chi connectivity index (χ1v) is 6.08. The maximum Gasteiger partial charge on any atom is 0.261 e. The molecule has 0 N–H and O–H groups in total. The smallest absolute Gasteiger partial charge is 0.261 e. The monoisotopic (exact) mass is 266 g/mol. The van der Waals surface area contributed by atoms with Gasteiger partial charge < -0.3 is 0 Å². The number of hydrogen-bond donors (Lipinski definition) is 0. The summed E-state index contributed by atoms with van der Waals surface area (Å²) in [6, 6.07) is 13.3. The van der Waals surface area contributed by atoms with Gasteiger partial charge in [-0.3, -0.25) is 14.5 Å². The molecule has 5 nitrogen and oxygen atoms in total. The second-order valence-electron chi connectivity index (χ2n) is 4.50. The van der Waals surface area contributed by atoms with Crippen LogP contribution in [0.4, 0.5) is 5.69 Å². The van der Waals surface area contributed by atoms with Crippen LogP contribution in [0.1, 0.15) is 26.3 Å². The zero-order valence-electron chi connectivity index (χ0n) is 10.4. The summed E-state index contributed by atoms with van der Waals surface area (Å²) in [6.45, 7) is 0.135. The van der Waals surface area contributed by atoms with Crippen LogP contribution in [-0.2, 0) is 6.54 Å². The summed E-state index contributed by atoms with van der Waals surface area (Å²) in [5.41, 5.74) is 1.81. The number of fused-ring (bicyclic) bond motifs is 1. The van der Waals surface area contributed by atoms with Gasteiger partial charge in [0.25, 0.3) is 11.8 Å². The molecule has 0 aliphatic carbocycles. The van der Waals surface area contributed by atoms with Gasteiger partial charge in [-0.15, -0.1) is 4.91 Å². The lowest BCUT2D eigenvalue weighted by atomic mass is 10.1. The Bertz CT molecular complexity index is 690. The van der Waals surface area contributed by atoms with Crippen LogP contribution < -0.4 is 0 Å². The fourth-order valence-corrected chi connectivity index (χ4v) is 2.28. The maximum absolute atomic E-state index is 12.2. The highest BCUT2D eigenvalue weighted by Crippen LogP contribution is 2.25. The van der Waals surface area contributed by atoms with E-state index in [0.717, 1.165) is 0 Å². The van der Waals surface area contributed by atoms with E-state index < -0.39 is 0 Å². The Kier molecular flexibility index (Phi) is 2.87. The third-order valence-electron chi connectivity index (χ3n) is 3.23. The van der Waals surface area contributed by atoms with Crippen LogP contribution in [0.15, 0.2) is 53.7 Å². The zero-order valence-corrected chi connectivity index (χ0v) is 10.4. The zero-order chi connectivity index (χ0) is 14.1. The highest BCUT2D eigenvalue weighted by Gasteiger charge is 2.34. The molecule has 1 heterocycles. The molecule has 0 atom stereocenters. The molecule has 0 fully saturated rings. The second-order valence-corrected chi connectivity index (χ2v) is 4.50. The van der Waals surface area contributed by atoms with Crippen LogP contribution in [0.5, 0.6) is 0 Å². The van der Waals surface area contributed by atoms with Crippen molar-refractivity contribution in [1.29, 1.82) is 0 Å². The van der Waals surface area contributed by atoms with Gasteiger partial charge in [-0.2, -0.15) is 0 Å². The van der Waals surface area contributed by atoms with Gasteiger partial charge in [0.15, 0.2) is 0 Å². The number of imide groups is 1. The molecule has 2 amide bonds. The Morgan fingerprint density at radius 2 is 1.55 bits per heavy atom. The standard InChI is InChI=1S/C15H10N2O3/c18-14-12-6-1-2-7-13(12)15(19)17(14)9-10-4-3-5-11(8-10)16-20/h1-8H,9H2. The summed E-state index contributed by atoms with van der Waals surface area (Å²) in [5.74, 6) is -0.620. The van der Waals surface area contributed by atoms with Crippen molar-refractivity contribution in [3.63, 3.8) is 0 Å². The maximum atomic E-state index is 12.2. The molecule has 2 aromatic rings. The molecule has 5 heteroatoms. The van der Waals surface area contributed by atoms with E-state index >= 15 is 0 Å². The summed E-state index contributed by atoms with van der Waals surface area (Å²) in [6.07, 6.45) is 0. The topological polar surface area (TPSA) is 66.8 Å². The van der Waals surface area contributed by atoms with E-state index in [1.807, 2.05) is 0 Å². The fraction of sp³-hybridized carbons (Fsp3) is 0.0667. The van der Waals surface area contributed by atoms with Gasteiger partial charge in [0.2, 0.25) is 0 Å². The van der Waals surface area contributed by atoms with Crippen molar-refractivity contribution in [2.75, 3.05) is 0 Å². The van der Waals surface area contributed by atoms with Crippen molar-refractivity contribution < 1.29 is 9.59 Å². The first-order valence-electron chi connectivity index (χ1n) is 6.08. The molecular weight excluding hydrogens is 256 g/mol. The third-order valence-corrected chi connectivity index (χ3v) is 3.23. The van der Waals surface area contributed by atoms with Gasteiger partial charge >= 0.3 is 0 Å². The van der Waals surface area contributed by atoms with E-state index in [0.29, 0.717) is 16.7 Å². The van der Waals surface area contributed by atoms with Gasteiger partial charge in [0.05, 0.1) is 17.7 Å². The van der Waals surface area contributed by atoms with Crippen molar-refractivity contribution in [1.82, 2.24) is 4.90 Å². The Morgan fingerprint density at radius 1 is 0.900 bits per heavy atom. The van der Waals surface area contributed by atoms with Gasteiger partial charge in [0, 0.05) is 0 Å². The number of benzene rings is 2. The second kappa shape index (κ2) is 4.70. The van der Waals surface area contributed by atoms with E-state index in [2.05, 4.69) is 5.18 Å². The summed E-state index contributed by atoms with van der Waals surface area (Å²) >= 11 is 0. The van der Waals surface area contributed by atoms with Crippen molar-refractivity contribution in [3.8, 4) is 0 Å². The number of amides is 2. The van der Waals surface area contributed by atoms with Crippen molar-refractivity contribution in [3.05, 3.63) is 70.1 Å². The molecule has 0 spiro atoms. The predicted molar refractivity (Wildman–Crippen MR) is 72.5 cm³/mol. The van der Waals surface area contributed by atoms with Crippen LogP contribution >= 0.6 is 0 Å². The molecule has 0 unspecified atom stereocenters. The summed E-state index contributed by atoms with van der Waals surface area (Å²) in [4.78, 5) is 36.1. The molecule has 0 aromatic heterocycles. The number of carbonyl (C=O) groups excluding carboxylic acids is 2. The first-order chi connectivity index (χ1) is 9.70. The number of nitrogens with zero attached hydrogens (tertiary/aromatic N) is 2. The highest BCUT2D eigenvalue weighted by atomic mass is 16.3. The quantitative estimate of drug-likeness (QED) is 0.633. The van der Waals surface area contributed by atoms with Gasteiger partial charge in [-0.1, -0.05) is 24.3 Å². The van der Waals surface area contributed by atoms with E-state index in [1.54, 1.807) is 48.5 Å². The Hall–Kier alpha value is -2.82. The van der Waals surface area contributed by atoms with Gasteiger partial charge in [-0.05, 0) is 35.0 Å². The lowest BCUT2D eigenvalue weighted by molar-refractivity contribution is 0.0642. The molecule has 0 saturated heterocycles. The van der Waals surface area contributed by atoms with Crippen LogP contribution in [0, 0.1) is 4.91 Å². The average molecular weight is 266 g/mol. The van der Waals surface area contributed by atoms with Crippen LogP contribution in [0.2, 0.25) is 0 Å². The summed E-state index contributed by atoms with van der Waals surface area (Å²) < 4.78 is 0. The lowest BCUT2D eigenvalue weighted by Gasteiger charge is -2.13. The summed E-state index contributed by atoms with van der Waals surface area (Å²) in [5, 5.41) is 2.84. The fourth-order valence-electron chi connectivity index (χ4n) is 2.28. The predicted octanol–water partition coefficient (Wildman–Crippen LogP) is 2.88. The average Bonchev–Trinajstić information content (AvgIpc) is 2.73. The van der Waals surface area contributed by atoms with Gasteiger partial charge in [-0.25, -0.2) is 0 Å². The molecule has 3 rings (SSSR count). The van der Waals surface area contributed by atoms with Crippen molar-refractivity contribution in [2.45, 2.75) is 6.54 Å². The Labute approximate surface area is 114 Å². The van der Waals surface area contributed by atoms with Crippen LogP contribution in [0.3, 0.4) is 0 Å². The molecule has 20 heavy (non-hydrogen) atoms. The van der Waals surface area contributed by atoms with Crippen LogP contribution in [0.25, 0.3) is 0 Å². The van der Waals surface area contributed by atoms with Gasteiger partial charge in [0.1, 0.15) is 5.69 Å². The van der Waals surface area contributed by atoms with E-state index in [9.17, 15) is 14.5 Å². The normalized spacial score (nSPS) is 13.5. The highest BCUT2D eigenvalue weighted by molar-refractivity contribution is 6.21. The Morgan fingerprint density at radius 3 is 2.15 bits per heavy atom. The minimum absolute atomic E-state index is 0.135. The molecule has 1 aliphatic heterocycles. The van der Waals surface area contributed by atoms with Crippen LogP contribution in [-0.4, -0.2) is 16.7 Å². The molecule has 0 radical (unpaired) electrons. The first kappa shape index (κ1) is 12.2. The SMILES string of the molecule is O=Nc1cccc(CN2C(=O)c3ccccc3C2=O)c1. The molecule has 98 valence electrons. The van der Waals surface area contributed by atoms with E-state index in [-0.39, 0.29) is 24.0 Å². The molecule has 0 saturated carbocycles. The minimum atomic E-state index is -0.310. The Balaban J connectivity index is 1.91. The van der Waals surface area contributed by atoms with Crippen molar-refractivity contribution >= 4 is 17.5 Å². The molecule has 0 bridgehead atoms. The van der Waals surface area contributed by atoms with E-state index in [1.165, 1.54) is 4.90 Å².